The number of hydrogen-bond donors (Lipinski definition) is 2. The molecular formula is C15H22N2O3S. The van der Waals surface area contributed by atoms with Gasteiger partial charge in [-0.3, -0.25) is 9.59 Å². The first-order valence-electron chi connectivity index (χ1n) is 6.94. The fourth-order valence-electron chi connectivity index (χ4n) is 1.69. The van der Waals surface area contributed by atoms with E-state index in [-0.39, 0.29) is 11.9 Å². The van der Waals surface area contributed by atoms with Gasteiger partial charge in [0, 0.05) is 23.5 Å². The van der Waals surface area contributed by atoms with Crippen LogP contribution in [-0.2, 0) is 14.3 Å². The molecule has 0 aliphatic heterocycles. The highest BCUT2D eigenvalue weighted by Gasteiger charge is 2.06. The molecule has 116 valence electrons. The molecule has 1 aromatic rings. The number of amides is 1. The summed E-state index contributed by atoms with van der Waals surface area (Å²) in [6.07, 6.45) is 0.911. The van der Waals surface area contributed by atoms with Crippen LogP contribution in [0.25, 0.3) is 0 Å². The summed E-state index contributed by atoms with van der Waals surface area (Å²) in [6, 6.07) is 5.78. The molecule has 0 aromatic heterocycles. The smallest absolute Gasteiger partial charge is 0.305 e. The van der Waals surface area contributed by atoms with Gasteiger partial charge in [-0.15, -0.1) is 11.8 Å². The van der Waals surface area contributed by atoms with Gasteiger partial charge in [0.25, 0.3) is 0 Å². The second-order valence-corrected chi connectivity index (χ2v) is 5.61. The average molecular weight is 310 g/mol. The highest BCUT2D eigenvalue weighted by molar-refractivity contribution is 8.00. The van der Waals surface area contributed by atoms with Crippen LogP contribution in [0.5, 0.6) is 0 Å². The molecule has 5 nitrogen and oxygen atoms in total. The van der Waals surface area contributed by atoms with Crippen molar-refractivity contribution in [3.8, 4) is 0 Å². The molecule has 0 aliphatic carbocycles. The summed E-state index contributed by atoms with van der Waals surface area (Å²) in [5.41, 5.74) is 7.67. The SMILES string of the molecule is CCOC(=O)CCCNC(=O)CSc1ccc(C)cc1N. The van der Waals surface area contributed by atoms with E-state index >= 15 is 0 Å². The number of anilines is 1. The van der Waals surface area contributed by atoms with E-state index in [2.05, 4.69) is 5.32 Å². The molecule has 0 atom stereocenters. The first-order valence-corrected chi connectivity index (χ1v) is 7.92. The molecule has 0 saturated heterocycles. The van der Waals surface area contributed by atoms with E-state index in [9.17, 15) is 9.59 Å². The quantitative estimate of drug-likeness (QED) is 0.333. The molecule has 1 amide bonds. The molecular weight excluding hydrogens is 288 g/mol. The summed E-state index contributed by atoms with van der Waals surface area (Å²) in [6.45, 7) is 4.61. The minimum absolute atomic E-state index is 0.0659. The zero-order chi connectivity index (χ0) is 15.7. The number of carbonyl (C=O) groups is 2. The Morgan fingerprint density at radius 1 is 1.38 bits per heavy atom. The van der Waals surface area contributed by atoms with Crippen molar-refractivity contribution in [1.82, 2.24) is 5.32 Å². The van der Waals surface area contributed by atoms with E-state index in [1.807, 2.05) is 25.1 Å². The normalized spacial score (nSPS) is 10.2. The van der Waals surface area contributed by atoms with Crippen molar-refractivity contribution in [2.24, 2.45) is 0 Å². The number of thioether (sulfide) groups is 1. The van der Waals surface area contributed by atoms with Crippen LogP contribution in [0.2, 0.25) is 0 Å². The topological polar surface area (TPSA) is 81.4 Å². The fraction of sp³-hybridized carbons (Fsp3) is 0.467. The largest absolute Gasteiger partial charge is 0.466 e. The lowest BCUT2D eigenvalue weighted by Crippen LogP contribution is -2.26. The van der Waals surface area contributed by atoms with E-state index in [1.165, 1.54) is 11.8 Å². The standard InChI is InChI=1S/C15H22N2O3S/c1-3-20-15(19)5-4-8-17-14(18)10-21-13-7-6-11(2)9-12(13)16/h6-7,9H,3-5,8,10,16H2,1-2H3,(H,17,18). The average Bonchev–Trinajstić information content (AvgIpc) is 2.43. The molecule has 1 aromatic carbocycles. The number of carbonyl (C=O) groups excluding carboxylic acids is 2. The van der Waals surface area contributed by atoms with Crippen molar-refractivity contribution in [2.45, 2.75) is 31.6 Å². The highest BCUT2D eigenvalue weighted by atomic mass is 32.2. The molecule has 1 rings (SSSR count). The van der Waals surface area contributed by atoms with E-state index in [1.54, 1.807) is 6.92 Å². The number of nitrogens with one attached hydrogen (secondary N) is 1. The van der Waals surface area contributed by atoms with E-state index in [0.717, 1.165) is 10.5 Å². The van der Waals surface area contributed by atoms with E-state index in [0.29, 0.717) is 37.4 Å². The van der Waals surface area contributed by atoms with Gasteiger partial charge in [-0.2, -0.15) is 0 Å². The minimum Gasteiger partial charge on any atom is -0.466 e. The van der Waals surface area contributed by atoms with Crippen LogP contribution in [0.4, 0.5) is 5.69 Å². The number of nitrogens with two attached hydrogens (primary N) is 1. The Morgan fingerprint density at radius 2 is 2.14 bits per heavy atom. The Balaban J connectivity index is 2.21. The molecule has 0 radical (unpaired) electrons. The molecule has 0 spiro atoms. The number of ether oxygens (including phenoxy) is 1. The lowest BCUT2D eigenvalue weighted by Gasteiger charge is -2.07. The van der Waals surface area contributed by atoms with Gasteiger partial charge in [-0.1, -0.05) is 6.07 Å². The first kappa shape index (κ1) is 17.4. The van der Waals surface area contributed by atoms with Crippen molar-refractivity contribution >= 4 is 29.3 Å². The number of esters is 1. The summed E-state index contributed by atoms with van der Waals surface area (Å²) in [4.78, 5) is 23.7. The molecule has 21 heavy (non-hydrogen) atoms. The van der Waals surface area contributed by atoms with E-state index in [4.69, 9.17) is 10.5 Å². The van der Waals surface area contributed by atoms with Crippen LogP contribution >= 0.6 is 11.8 Å². The lowest BCUT2D eigenvalue weighted by molar-refractivity contribution is -0.143. The van der Waals surface area contributed by atoms with Crippen LogP contribution in [-0.4, -0.2) is 30.8 Å². The van der Waals surface area contributed by atoms with Gasteiger partial charge in [-0.25, -0.2) is 0 Å². The number of benzene rings is 1. The first-order chi connectivity index (χ1) is 10.0. The maximum absolute atomic E-state index is 11.7. The summed E-state index contributed by atoms with van der Waals surface area (Å²) >= 11 is 1.41. The number of aryl methyl sites for hydroxylation is 1. The maximum Gasteiger partial charge on any atom is 0.305 e. The second kappa shape index (κ2) is 9.28. The maximum atomic E-state index is 11.7. The van der Waals surface area contributed by atoms with Crippen LogP contribution in [0, 0.1) is 6.92 Å². The Morgan fingerprint density at radius 3 is 2.81 bits per heavy atom. The van der Waals surface area contributed by atoms with Gasteiger partial charge in [0.1, 0.15) is 0 Å². The molecule has 0 aliphatic rings. The zero-order valence-electron chi connectivity index (χ0n) is 12.5. The second-order valence-electron chi connectivity index (χ2n) is 4.59. The number of rotatable bonds is 8. The third-order valence-electron chi connectivity index (χ3n) is 2.71. The van der Waals surface area contributed by atoms with Gasteiger partial charge in [0.2, 0.25) is 5.91 Å². The predicted octanol–water partition coefficient (Wildman–Crippen LogP) is 2.13. The lowest BCUT2D eigenvalue weighted by atomic mass is 10.2. The van der Waals surface area contributed by atoms with Gasteiger partial charge in [-0.05, 0) is 38.0 Å². The summed E-state index contributed by atoms with van der Waals surface area (Å²) in [5.74, 6) is 0.0181. The van der Waals surface area contributed by atoms with Gasteiger partial charge in [0.15, 0.2) is 0 Å². The summed E-state index contributed by atoms with van der Waals surface area (Å²) in [7, 11) is 0. The zero-order valence-corrected chi connectivity index (χ0v) is 13.3. The molecule has 0 saturated carbocycles. The summed E-state index contributed by atoms with van der Waals surface area (Å²) in [5, 5.41) is 2.77. The van der Waals surface area contributed by atoms with Crippen molar-refractivity contribution in [3.05, 3.63) is 23.8 Å². The Bertz CT molecular complexity index is 492. The van der Waals surface area contributed by atoms with Crippen molar-refractivity contribution in [1.29, 1.82) is 0 Å². The molecule has 0 unspecified atom stereocenters. The van der Waals surface area contributed by atoms with Crippen molar-refractivity contribution in [3.63, 3.8) is 0 Å². The van der Waals surface area contributed by atoms with Crippen molar-refractivity contribution in [2.75, 3.05) is 24.6 Å². The minimum atomic E-state index is -0.228. The molecule has 6 heteroatoms. The Labute approximate surface area is 129 Å². The fourth-order valence-corrected chi connectivity index (χ4v) is 2.47. The molecule has 3 N–H and O–H groups in total. The van der Waals surface area contributed by atoms with Gasteiger partial charge >= 0.3 is 5.97 Å². The van der Waals surface area contributed by atoms with Crippen molar-refractivity contribution < 1.29 is 14.3 Å². The van der Waals surface area contributed by atoms with Crippen LogP contribution < -0.4 is 11.1 Å². The third kappa shape index (κ3) is 7.04. The molecule has 0 fully saturated rings. The van der Waals surface area contributed by atoms with Crippen LogP contribution in [0.1, 0.15) is 25.3 Å². The van der Waals surface area contributed by atoms with Gasteiger partial charge < -0.3 is 15.8 Å². The van der Waals surface area contributed by atoms with E-state index < -0.39 is 0 Å². The van der Waals surface area contributed by atoms with Crippen LogP contribution in [0.3, 0.4) is 0 Å². The summed E-state index contributed by atoms with van der Waals surface area (Å²) < 4.78 is 4.81. The monoisotopic (exact) mass is 310 g/mol. The molecule has 0 bridgehead atoms. The highest BCUT2D eigenvalue weighted by Crippen LogP contribution is 2.25. The molecule has 0 heterocycles. The number of hydrogen-bond acceptors (Lipinski definition) is 5. The Hall–Kier alpha value is -1.69. The Kier molecular flexibility index (Phi) is 7.68. The predicted molar refractivity (Wildman–Crippen MR) is 85.2 cm³/mol. The third-order valence-corrected chi connectivity index (χ3v) is 3.80. The van der Waals surface area contributed by atoms with Gasteiger partial charge in [0.05, 0.1) is 12.4 Å². The van der Waals surface area contributed by atoms with Crippen LogP contribution in [0.15, 0.2) is 23.1 Å². The number of nitrogen functional groups attached to an aromatic ring is 1.